The smallest absolute Gasteiger partial charge is 0.347 e. The molecule has 1 aromatic heterocycles. The van der Waals surface area contributed by atoms with E-state index in [-0.39, 0.29) is 41.5 Å². The highest BCUT2D eigenvalue weighted by molar-refractivity contribution is 6.09. The minimum absolute atomic E-state index is 0.0199. The van der Waals surface area contributed by atoms with Crippen LogP contribution in [0.3, 0.4) is 0 Å². The topological polar surface area (TPSA) is 99.1 Å². The molecular formula is C30H29F5N6O4. The van der Waals surface area contributed by atoms with Gasteiger partial charge in [0, 0.05) is 32.4 Å². The van der Waals surface area contributed by atoms with Gasteiger partial charge in [0.1, 0.15) is 24.9 Å². The van der Waals surface area contributed by atoms with Gasteiger partial charge in [0.05, 0.1) is 6.20 Å². The minimum Gasteiger partial charge on any atom is -0.347 e. The van der Waals surface area contributed by atoms with Crippen molar-refractivity contribution in [2.45, 2.75) is 50.6 Å². The van der Waals surface area contributed by atoms with Crippen LogP contribution in [0, 0.1) is 5.82 Å². The number of nitrogens with zero attached hydrogens (tertiary/aromatic N) is 6. The number of carbonyl (C=O) groups is 4. The third-order valence-corrected chi connectivity index (χ3v) is 8.22. The van der Waals surface area contributed by atoms with Crippen LogP contribution >= 0.6 is 0 Å². The second-order valence-electron chi connectivity index (χ2n) is 11.3. The third-order valence-electron chi connectivity index (χ3n) is 8.22. The first kappa shape index (κ1) is 31.6. The fourth-order valence-corrected chi connectivity index (χ4v) is 5.57. The van der Waals surface area contributed by atoms with E-state index < -0.39 is 54.5 Å². The summed E-state index contributed by atoms with van der Waals surface area (Å²) in [6.45, 7) is -0.954. The summed E-state index contributed by atoms with van der Waals surface area (Å²) in [7, 11) is 3.24. The van der Waals surface area contributed by atoms with Crippen molar-refractivity contribution in [2.24, 2.45) is 0 Å². The molecule has 1 spiro atoms. The van der Waals surface area contributed by atoms with Crippen molar-refractivity contribution in [3.8, 4) is 11.1 Å². The molecule has 238 valence electrons. The summed E-state index contributed by atoms with van der Waals surface area (Å²) in [4.78, 5) is 54.1. The van der Waals surface area contributed by atoms with Crippen LogP contribution in [0.5, 0.6) is 0 Å². The fourth-order valence-electron chi connectivity index (χ4n) is 5.57. The zero-order chi connectivity index (χ0) is 32.8. The number of aryl methyl sites for hydroxylation is 1. The van der Waals surface area contributed by atoms with Crippen molar-refractivity contribution < 1.29 is 41.2 Å². The number of urea groups is 1. The van der Waals surface area contributed by atoms with Gasteiger partial charge in [0.25, 0.3) is 5.91 Å². The lowest BCUT2D eigenvalue weighted by Gasteiger charge is -2.32. The van der Waals surface area contributed by atoms with E-state index in [2.05, 4.69) is 5.10 Å². The second kappa shape index (κ2) is 11.6. The Balaban J connectivity index is 1.38. The van der Waals surface area contributed by atoms with Gasteiger partial charge in [-0.15, -0.1) is 5.12 Å². The molecule has 1 fully saturated rings. The molecule has 45 heavy (non-hydrogen) atoms. The first-order valence-electron chi connectivity index (χ1n) is 13.9. The number of halogens is 5. The Bertz CT molecular complexity index is 1660. The van der Waals surface area contributed by atoms with E-state index in [9.17, 15) is 36.7 Å². The SMILES string of the molecule is C[C@H](N(Cc1ccc(F)cc1)C(=O)CN1C(=O)N(F)[C@]2(CCc3cc(-c4cnn(CC(=O)N(C)C)c4)ccc32)C1=O)C(F)(F)F. The minimum atomic E-state index is -4.86. The molecular weight excluding hydrogens is 603 g/mol. The Kier molecular flexibility index (Phi) is 8.14. The lowest BCUT2D eigenvalue weighted by atomic mass is 9.90. The molecule has 5 amide bonds. The molecule has 2 aliphatic rings. The maximum absolute atomic E-state index is 15.7. The predicted molar refractivity (Wildman–Crippen MR) is 149 cm³/mol. The summed E-state index contributed by atoms with van der Waals surface area (Å²) < 4.78 is 71.6. The highest BCUT2D eigenvalue weighted by Crippen LogP contribution is 2.48. The molecule has 10 nitrogen and oxygen atoms in total. The summed E-state index contributed by atoms with van der Waals surface area (Å²) in [6, 6.07) is 5.50. The van der Waals surface area contributed by atoms with Crippen molar-refractivity contribution in [1.82, 2.24) is 29.6 Å². The number of imide groups is 1. The van der Waals surface area contributed by atoms with Gasteiger partial charge < -0.3 is 9.80 Å². The Morgan fingerprint density at radius 3 is 2.36 bits per heavy atom. The van der Waals surface area contributed by atoms with Crippen LogP contribution in [-0.4, -0.2) is 86.2 Å². The number of amides is 5. The van der Waals surface area contributed by atoms with Crippen LogP contribution in [0.4, 0.5) is 26.8 Å². The summed E-state index contributed by atoms with van der Waals surface area (Å²) in [5, 5.41) is 3.94. The van der Waals surface area contributed by atoms with Gasteiger partial charge in [0.15, 0.2) is 5.54 Å². The molecule has 2 heterocycles. The van der Waals surface area contributed by atoms with E-state index in [0.717, 1.165) is 19.1 Å². The summed E-state index contributed by atoms with van der Waals surface area (Å²) in [5.74, 6) is -3.10. The van der Waals surface area contributed by atoms with Gasteiger partial charge >= 0.3 is 12.2 Å². The number of likely N-dealkylation sites (N-methyl/N-ethyl adjacent to an activating group) is 1. The van der Waals surface area contributed by atoms with Gasteiger partial charge in [-0.25, -0.2) is 9.18 Å². The highest BCUT2D eigenvalue weighted by atomic mass is 19.4. The molecule has 1 saturated heterocycles. The summed E-state index contributed by atoms with van der Waals surface area (Å²) in [6.07, 6.45) is -1.60. The maximum atomic E-state index is 15.7. The maximum Gasteiger partial charge on any atom is 0.408 e. The molecule has 1 aliphatic carbocycles. The van der Waals surface area contributed by atoms with Gasteiger partial charge in [-0.1, -0.05) is 34.8 Å². The number of aromatic nitrogens is 2. The van der Waals surface area contributed by atoms with E-state index in [1.165, 1.54) is 27.8 Å². The largest absolute Gasteiger partial charge is 0.408 e. The van der Waals surface area contributed by atoms with Gasteiger partial charge in [-0.2, -0.15) is 18.3 Å². The Labute approximate surface area is 254 Å². The van der Waals surface area contributed by atoms with E-state index in [1.807, 2.05) is 0 Å². The van der Waals surface area contributed by atoms with Crippen molar-refractivity contribution in [3.05, 3.63) is 77.4 Å². The molecule has 0 radical (unpaired) electrons. The first-order chi connectivity index (χ1) is 21.1. The third kappa shape index (κ3) is 5.73. The van der Waals surface area contributed by atoms with Gasteiger partial charge in [-0.05, 0) is 54.2 Å². The highest BCUT2D eigenvalue weighted by Gasteiger charge is 2.62. The van der Waals surface area contributed by atoms with E-state index in [4.69, 9.17) is 0 Å². The first-order valence-corrected chi connectivity index (χ1v) is 13.9. The van der Waals surface area contributed by atoms with E-state index in [0.29, 0.717) is 26.5 Å². The number of benzene rings is 2. The zero-order valence-corrected chi connectivity index (χ0v) is 24.5. The molecule has 0 unspecified atom stereocenters. The fraction of sp³-hybridized carbons (Fsp3) is 0.367. The number of fused-ring (bicyclic) bond motifs is 2. The Hall–Kier alpha value is -4.82. The van der Waals surface area contributed by atoms with Crippen LogP contribution in [0.25, 0.3) is 11.1 Å². The van der Waals surface area contributed by atoms with Gasteiger partial charge in [0.2, 0.25) is 11.8 Å². The molecule has 15 heteroatoms. The molecule has 1 aliphatic heterocycles. The van der Waals surface area contributed by atoms with Crippen molar-refractivity contribution in [2.75, 3.05) is 20.6 Å². The average Bonchev–Trinajstić information content (AvgIpc) is 3.66. The Morgan fingerprint density at radius 1 is 1.02 bits per heavy atom. The number of alkyl halides is 3. The molecule has 3 aromatic rings. The molecule has 2 aromatic carbocycles. The van der Waals surface area contributed by atoms with Gasteiger partial charge in [-0.3, -0.25) is 24.0 Å². The van der Waals surface area contributed by atoms with Crippen LogP contribution in [0.1, 0.15) is 30.0 Å². The molecule has 0 saturated carbocycles. The number of carbonyl (C=O) groups excluding carboxylic acids is 4. The standard InChI is InChI=1S/C30H29F5N6O4/c1-18(30(32,33)34)39(14-19-4-7-23(31)8-5-19)26(43)17-40-27(44)29(41(35)28(40)45)11-10-21-12-20(6-9-24(21)29)22-13-36-38(15-22)16-25(42)37(2)3/h4-9,12-13,15,18H,10-11,14,16-17H2,1-3H3/t18-,29-/m0/s1. The molecule has 0 N–H and O–H groups in total. The summed E-state index contributed by atoms with van der Waals surface area (Å²) >= 11 is 0. The quantitative estimate of drug-likeness (QED) is 0.212. The van der Waals surface area contributed by atoms with Crippen molar-refractivity contribution in [1.29, 1.82) is 0 Å². The van der Waals surface area contributed by atoms with Crippen LogP contribution in [0.15, 0.2) is 54.9 Å². The predicted octanol–water partition coefficient (Wildman–Crippen LogP) is 4.05. The van der Waals surface area contributed by atoms with Crippen molar-refractivity contribution >= 4 is 23.8 Å². The van der Waals surface area contributed by atoms with Crippen LogP contribution < -0.4 is 0 Å². The van der Waals surface area contributed by atoms with Crippen molar-refractivity contribution in [3.63, 3.8) is 0 Å². The average molecular weight is 633 g/mol. The monoisotopic (exact) mass is 632 g/mol. The molecule has 0 bridgehead atoms. The lowest BCUT2D eigenvalue weighted by molar-refractivity contribution is -0.187. The number of hydrogen-bond donors (Lipinski definition) is 0. The Morgan fingerprint density at radius 2 is 1.71 bits per heavy atom. The van der Waals surface area contributed by atoms with E-state index in [1.54, 1.807) is 38.6 Å². The zero-order valence-electron chi connectivity index (χ0n) is 24.5. The summed E-state index contributed by atoms with van der Waals surface area (Å²) in [5.41, 5.74) is 0.183. The second-order valence-corrected chi connectivity index (χ2v) is 11.3. The molecule has 5 rings (SSSR count). The lowest BCUT2D eigenvalue weighted by Crippen LogP contribution is -2.51. The normalized spacial score (nSPS) is 18.5. The van der Waals surface area contributed by atoms with E-state index >= 15 is 4.48 Å². The van der Waals surface area contributed by atoms with Crippen LogP contribution in [-0.2, 0) is 39.4 Å². The molecule has 2 atom stereocenters. The number of hydrogen-bond acceptors (Lipinski definition) is 5. The number of rotatable bonds is 8. The van der Waals surface area contributed by atoms with Crippen LogP contribution in [0.2, 0.25) is 0 Å².